The fourth-order valence-corrected chi connectivity index (χ4v) is 1.06. The van der Waals surface area contributed by atoms with Gasteiger partial charge in [-0.1, -0.05) is 6.92 Å². The van der Waals surface area contributed by atoms with Crippen molar-refractivity contribution < 1.29 is 5.11 Å². The Morgan fingerprint density at radius 1 is 1.08 bits per heavy atom. The van der Waals surface area contributed by atoms with Gasteiger partial charge in [0, 0.05) is 19.6 Å². The van der Waals surface area contributed by atoms with Crippen molar-refractivity contribution in [2.24, 2.45) is 0 Å². The summed E-state index contributed by atoms with van der Waals surface area (Å²) in [5.41, 5.74) is 0. The van der Waals surface area contributed by atoms with Crippen molar-refractivity contribution in [3.05, 3.63) is 0 Å². The summed E-state index contributed by atoms with van der Waals surface area (Å²) in [7, 11) is 4.14. The molecule has 0 aromatic carbocycles. The Hall–Kier alpha value is -0.120. The topological polar surface area (TPSA) is 26.4 Å². The Kier molecular flexibility index (Phi) is 7.45. The average molecular weight is 173 g/mol. The molecule has 0 saturated heterocycles. The first-order valence-electron chi connectivity index (χ1n) is 4.66. The highest BCUT2D eigenvalue weighted by molar-refractivity contribution is 4.56. The van der Waals surface area contributed by atoms with E-state index in [1.807, 2.05) is 0 Å². The van der Waals surface area contributed by atoms with E-state index in [0.29, 0.717) is 0 Å². The molecular formula is C9H21N2O. The predicted octanol–water partition coefficient (Wildman–Crippen LogP) is 0.690. The summed E-state index contributed by atoms with van der Waals surface area (Å²) < 4.78 is 0. The average Bonchev–Trinajstić information content (AvgIpc) is 2.05. The van der Waals surface area contributed by atoms with E-state index in [0.717, 1.165) is 32.6 Å². The lowest BCUT2D eigenvalue weighted by atomic mass is 10.4. The lowest BCUT2D eigenvalue weighted by Crippen LogP contribution is -2.32. The Labute approximate surface area is 76.0 Å². The molecule has 0 unspecified atom stereocenters. The molecule has 0 heterocycles. The van der Waals surface area contributed by atoms with Crippen LogP contribution in [0.3, 0.4) is 0 Å². The van der Waals surface area contributed by atoms with Crippen LogP contribution < -0.4 is 0 Å². The molecule has 0 aliphatic heterocycles. The van der Waals surface area contributed by atoms with E-state index in [-0.39, 0.29) is 6.61 Å². The number of rotatable bonds is 7. The van der Waals surface area contributed by atoms with Crippen LogP contribution in [0.1, 0.15) is 13.3 Å². The van der Waals surface area contributed by atoms with Crippen molar-refractivity contribution in [2.75, 3.05) is 46.9 Å². The van der Waals surface area contributed by atoms with E-state index < -0.39 is 0 Å². The molecule has 0 amide bonds. The highest BCUT2D eigenvalue weighted by atomic mass is 16.3. The van der Waals surface area contributed by atoms with E-state index in [4.69, 9.17) is 0 Å². The molecule has 12 heavy (non-hydrogen) atoms. The van der Waals surface area contributed by atoms with Crippen molar-refractivity contribution in [3.8, 4) is 0 Å². The minimum atomic E-state index is 0.0540. The van der Waals surface area contributed by atoms with Gasteiger partial charge in [0.2, 0.25) is 0 Å². The Morgan fingerprint density at radius 2 is 1.75 bits per heavy atom. The smallest absolute Gasteiger partial charge is 0.0834 e. The summed E-state index contributed by atoms with van der Waals surface area (Å²) in [6.07, 6.45) is 0.779. The second-order valence-corrected chi connectivity index (χ2v) is 3.30. The molecule has 0 rings (SSSR count). The third kappa shape index (κ3) is 6.58. The zero-order chi connectivity index (χ0) is 9.40. The first-order chi connectivity index (χ1) is 5.70. The third-order valence-corrected chi connectivity index (χ3v) is 1.93. The molecule has 73 valence electrons. The van der Waals surface area contributed by atoms with Gasteiger partial charge in [0.05, 0.1) is 6.61 Å². The normalized spacial score (nSPS) is 11.5. The van der Waals surface area contributed by atoms with Gasteiger partial charge in [-0.2, -0.15) is 0 Å². The fourth-order valence-electron chi connectivity index (χ4n) is 1.06. The van der Waals surface area contributed by atoms with Crippen molar-refractivity contribution in [2.45, 2.75) is 13.3 Å². The first-order valence-corrected chi connectivity index (χ1v) is 4.66. The first kappa shape index (κ1) is 11.9. The second kappa shape index (κ2) is 7.53. The van der Waals surface area contributed by atoms with Crippen LogP contribution >= 0.6 is 0 Å². The van der Waals surface area contributed by atoms with Crippen molar-refractivity contribution >= 4 is 0 Å². The lowest BCUT2D eigenvalue weighted by Gasteiger charge is -2.21. The zero-order valence-corrected chi connectivity index (χ0v) is 8.55. The van der Waals surface area contributed by atoms with Crippen molar-refractivity contribution in [1.29, 1.82) is 0 Å². The van der Waals surface area contributed by atoms with Gasteiger partial charge in [0.1, 0.15) is 0 Å². The van der Waals surface area contributed by atoms with E-state index >= 15 is 0 Å². The maximum Gasteiger partial charge on any atom is 0.0834 e. The third-order valence-electron chi connectivity index (χ3n) is 1.93. The molecule has 0 aromatic rings. The van der Waals surface area contributed by atoms with Crippen LogP contribution in [0.25, 0.3) is 0 Å². The van der Waals surface area contributed by atoms with Crippen LogP contribution in [0.15, 0.2) is 0 Å². The van der Waals surface area contributed by atoms with E-state index in [1.54, 1.807) is 0 Å². The molecule has 0 aromatic heterocycles. The van der Waals surface area contributed by atoms with Crippen molar-refractivity contribution in [3.63, 3.8) is 0 Å². The molecular weight excluding hydrogens is 152 g/mol. The van der Waals surface area contributed by atoms with Gasteiger partial charge in [0.25, 0.3) is 0 Å². The van der Waals surface area contributed by atoms with E-state index in [9.17, 15) is 5.11 Å². The van der Waals surface area contributed by atoms with Gasteiger partial charge in [0.15, 0.2) is 0 Å². The molecule has 1 radical (unpaired) electrons. The van der Waals surface area contributed by atoms with Crippen LogP contribution in [-0.4, -0.2) is 56.7 Å². The monoisotopic (exact) mass is 173 g/mol. The number of likely N-dealkylation sites (N-methyl/N-ethyl adjacent to an activating group) is 2. The second-order valence-electron chi connectivity index (χ2n) is 3.30. The summed E-state index contributed by atoms with van der Waals surface area (Å²) in [5, 5.41) is 10.3. The van der Waals surface area contributed by atoms with Crippen molar-refractivity contribution in [1.82, 2.24) is 9.80 Å². The standard InChI is InChI=1S/C9H21N2O/c1-4-11(6-5-9-12)8-7-10(2)3/h4-9H2,1-3H3. The zero-order valence-electron chi connectivity index (χ0n) is 8.55. The van der Waals surface area contributed by atoms with Crippen LogP contribution in [0.2, 0.25) is 0 Å². The largest absolute Gasteiger partial charge is 0.308 e. The molecule has 0 saturated carbocycles. The van der Waals surface area contributed by atoms with E-state index in [2.05, 4.69) is 30.8 Å². The highest BCUT2D eigenvalue weighted by Gasteiger charge is 2.01. The molecule has 0 aliphatic carbocycles. The van der Waals surface area contributed by atoms with E-state index in [1.165, 1.54) is 0 Å². The summed E-state index contributed by atoms with van der Waals surface area (Å²) in [4.78, 5) is 4.48. The quantitative estimate of drug-likeness (QED) is 0.566. The SMILES string of the molecule is CCN(CCC[O])CCN(C)C. The summed E-state index contributed by atoms with van der Waals surface area (Å²) in [6, 6.07) is 0. The van der Waals surface area contributed by atoms with Gasteiger partial charge < -0.3 is 9.80 Å². The lowest BCUT2D eigenvalue weighted by molar-refractivity contribution is 0.163. The maximum atomic E-state index is 10.3. The molecule has 3 heteroatoms. The minimum absolute atomic E-state index is 0.0540. The number of hydrogen-bond donors (Lipinski definition) is 0. The van der Waals surface area contributed by atoms with Gasteiger partial charge in [-0.05, 0) is 27.1 Å². The Bertz CT molecular complexity index is 96.5. The minimum Gasteiger partial charge on any atom is -0.308 e. The summed E-state index contributed by atoms with van der Waals surface area (Å²) >= 11 is 0. The molecule has 0 N–H and O–H groups in total. The van der Waals surface area contributed by atoms with Crippen LogP contribution in [0.4, 0.5) is 0 Å². The van der Waals surface area contributed by atoms with Gasteiger partial charge in [-0.3, -0.25) is 0 Å². The predicted molar refractivity (Wildman–Crippen MR) is 50.8 cm³/mol. The molecule has 0 fully saturated rings. The molecule has 0 bridgehead atoms. The van der Waals surface area contributed by atoms with Gasteiger partial charge in [-0.15, -0.1) is 0 Å². The highest BCUT2D eigenvalue weighted by Crippen LogP contribution is 1.91. The maximum absolute atomic E-state index is 10.3. The van der Waals surface area contributed by atoms with Gasteiger partial charge in [-0.25, -0.2) is 5.11 Å². The molecule has 0 atom stereocenters. The molecule has 0 spiro atoms. The Balaban J connectivity index is 3.39. The van der Waals surface area contributed by atoms with Gasteiger partial charge >= 0.3 is 0 Å². The molecule has 3 nitrogen and oxygen atoms in total. The summed E-state index contributed by atoms with van der Waals surface area (Å²) in [5.74, 6) is 0. The fraction of sp³-hybridized carbons (Fsp3) is 1.00. The summed E-state index contributed by atoms with van der Waals surface area (Å²) in [6.45, 7) is 6.34. The van der Waals surface area contributed by atoms with Crippen LogP contribution in [-0.2, 0) is 5.11 Å². The number of nitrogens with zero attached hydrogens (tertiary/aromatic N) is 2. The molecule has 0 aliphatic rings. The Morgan fingerprint density at radius 3 is 2.17 bits per heavy atom. The van der Waals surface area contributed by atoms with Crippen LogP contribution in [0, 0.1) is 0 Å². The number of hydrogen-bond acceptors (Lipinski definition) is 2. The van der Waals surface area contributed by atoms with Crippen LogP contribution in [0.5, 0.6) is 0 Å².